The van der Waals surface area contributed by atoms with Gasteiger partial charge in [0.15, 0.2) is 6.29 Å². The zero-order valence-corrected chi connectivity index (χ0v) is 16.8. The van der Waals surface area contributed by atoms with Crippen molar-refractivity contribution in [3.05, 3.63) is 60.7 Å². The zero-order valence-electron chi connectivity index (χ0n) is 15.8. The van der Waals surface area contributed by atoms with Crippen LogP contribution in [0.15, 0.2) is 60.7 Å². The van der Waals surface area contributed by atoms with E-state index < -0.39 is 14.6 Å². The van der Waals surface area contributed by atoms with Crippen molar-refractivity contribution in [3.8, 4) is 0 Å². The molecule has 2 aromatic carbocycles. The predicted octanol–water partition coefficient (Wildman–Crippen LogP) is 2.92. The number of aliphatic hydroxyl groups is 1. The van der Waals surface area contributed by atoms with Crippen LogP contribution in [-0.4, -0.2) is 32.4 Å². The minimum atomic E-state index is -2.51. The molecule has 1 saturated heterocycles. The average Bonchev–Trinajstić information content (AvgIpc) is 3.37. The molecule has 0 amide bonds. The number of benzene rings is 2. The SMILES string of the molecule is CC(C)(C)[Si](OC[C@@H]1O[C@H](O)[C@@H]2C[C@@H]21)(c1ccccc1)c1ccccc1. The minimum absolute atomic E-state index is 0.0108. The van der Waals surface area contributed by atoms with E-state index >= 15 is 0 Å². The molecule has 0 unspecified atom stereocenters. The molecular weight excluding hydrogens is 340 g/mol. The molecule has 0 aromatic heterocycles. The zero-order chi connectivity index (χ0) is 18.4. The summed E-state index contributed by atoms with van der Waals surface area (Å²) < 4.78 is 12.7. The summed E-state index contributed by atoms with van der Waals surface area (Å²) in [5.41, 5.74) is 0. The van der Waals surface area contributed by atoms with Gasteiger partial charge in [0.1, 0.15) is 0 Å². The molecule has 2 fully saturated rings. The first-order valence-electron chi connectivity index (χ1n) is 9.52. The number of hydrogen-bond donors (Lipinski definition) is 1. The lowest BCUT2D eigenvalue weighted by Gasteiger charge is -2.43. The molecule has 1 aliphatic heterocycles. The summed E-state index contributed by atoms with van der Waals surface area (Å²) >= 11 is 0. The highest BCUT2D eigenvalue weighted by Crippen LogP contribution is 2.51. The topological polar surface area (TPSA) is 38.7 Å². The Hall–Kier alpha value is -1.46. The third kappa shape index (κ3) is 2.95. The van der Waals surface area contributed by atoms with Crippen molar-refractivity contribution in [1.82, 2.24) is 0 Å². The smallest absolute Gasteiger partial charge is 0.261 e. The minimum Gasteiger partial charge on any atom is -0.405 e. The van der Waals surface area contributed by atoms with Crippen LogP contribution in [0.5, 0.6) is 0 Å². The van der Waals surface area contributed by atoms with Crippen LogP contribution < -0.4 is 10.4 Å². The summed E-state index contributed by atoms with van der Waals surface area (Å²) in [4.78, 5) is 0. The lowest BCUT2D eigenvalue weighted by Crippen LogP contribution is -2.67. The summed E-state index contributed by atoms with van der Waals surface area (Å²) in [6.07, 6.45) is 0.472. The first kappa shape index (κ1) is 17.9. The van der Waals surface area contributed by atoms with E-state index in [4.69, 9.17) is 9.16 Å². The lowest BCUT2D eigenvalue weighted by atomic mass is 10.2. The van der Waals surface area contributed by atoms with E-state index in [1.807, 2.05) is 0 Å². The Bertz CT molecular complexity index is 701. The summed E-state index contributed by atoms with van der Waals surface area (Å²) in [7, 11) is -2.51. The van der Waals surface area contributed by atoms with Gasteiger partial charge >= 0.3 is 0 Å². The van der Waals surface area contributed by atoms with Gasteiger partial charge in [0.25, 0.3) is 8.32 Å². The second-order valence-corrected chi connectivity index (χ2v) is 12.9. The molecule has 0 radical (unpaired) electrons. The molecule has 1 heterocycles. The molecule has 138 valence electrons. The normalized spacial score (nSPS) is 28.0. The van der Waals surface area contributed by atoms with Gasteiger partial charge in [-0.15, -0.1) is 0 Å². The third-order valence-electron chi connectivity index (χ3n) is 5.93. The van der Waals surface area contributed by atoms with Gasteiger partial charge in [0.2, 0.25) is 0 Å². The van der Waals surface area contributed by atoms with Gasteiger partial charge in [-0.25, -0.2) is 0 Å². The van der Waals surface area contributed by atoms with Gasteiger partial charge in [-0.3, -0.25) is 0 Å². The van der Waals surface area contributed by atoms with Gasteiger partial charge in [0.05, 0.1) is 12.7 Å². The molecule has 3 nitrogen and oxygen atoms in total. The fraction of sp³-hybridized carbons (Fsp3) is 0.455. The fourth-order valence-electron chi connectivity index (χ4n) is 4.50. The van der Waals surface area contributed by atoms with E-state index in [1.54, 1.807) is 0 Å². The van der Waals surface area contributed by atoms with E-state index in [-0.39, 0.29) is 11.1 Å². The highest BCUT2D eigenvalue weighted by molar-refractivity contribution is 6.99. The van der Waals surface area contributed by atoms with Crippen molar-refractivity contribution in [3.63, 3.8) is 0 Å². The Labute approximate surface area is 157 Å². The van der Waals surface area contributed by atoms with Gasteiger partial charge in [0, 0.05) is 5.92 Å². The maximum absolute atomic E-state index is 9.97. The predicted molar refractivity (Wildman–Crippen MR) is 106 cm³/mol. The Morgan fingerprint density at radius 2 is 1.50 bits per heavy atom. The van der Waals surface area contributed by atoms with Crippen LogP contribution in [0.3, 0.4) is 0 Å². The van der Waals surface area contributed by atoms with E-state index in [1.165, 1.54) is 10.4 Å². The quantitative estimate of drug-likeness (QED) is 0.825. The molecule has 26 heavy (non-hydrogen) atoms. The van der Waals surface area contributed by atoms with Gasteiger partial charge in [-0.05, 0) is 27.8 Å². The van der Waals surface area contributed by atoms with Crippen LogP contribution in [0.1, 0.15) is 27.2 Å². The van der Waals surface area contributed by atoms with E-state index in [2.05, 4.69) is 81.4 Å². The van der Waals surface area contributed by atoms with Gasteiger partial charge in [-0.2, -0.15) is 0 Å². The van der Waals surface area contributed by atoms with Crippen molar-refractivity contribution < 1.29 is 14.3 Å². The Morgan fingerprint density at radius 1 is 0.962 bits per heavy atom. The van der Waals surface area contributed by atoms with Crippen LogP contribution in [0.25, 0.3) is 0 Å². The maximum Gasteiger partial charge on any atom is 0.261 e. The van der Waals surface area contributed by atoms with Crippen molar-refractivity contribution >= 4 is 18.7 Å². The van der Waals surface area contributed by atoms with E-state index in [9.17, 15) is 5.11 Å². The largest absolute Gasteiger partial charge is 0.405 e. The van der Waals surface area contributed by atoms with Crippen LogP contribution in [-0.2, 0) is 9.16 Å². The molecule has 4 atom stereocenters. The molecule has 2 aromatic rings. The van der Waals surface area contributed by atoms with E-state index in [0.717, 1.165) is 6.42 Å². The standard InChI is InChI=1S/C22H28O3Si/c1-22(2,3)26(16-10-6-4-7-11-16,17-12-8-5-9-13-17)24-15-20-18-14-19(18)21(23)25-20/h4-13,18-21,23H,14-15H2,1-3H3/t18-,19+,20-,21-/m0/s1. The summed E-state index contributed by atoms with van der Waals surface area (Å²) in [5, 5.41) is 12.5. The van der Waals surface area contributed by atoms with Crippen molar-refractivity contribution in [2.24, 2.45) is 11.8 Å². The maximum atomic E-state index is 9.97. The Balaban J connectivity index is 1.73. The highest BCUT2D eigenvalue weighted by atomic mass is 28.4. The molecule has 2 aliphatic rings. The van der Waals surface area contributed by atoms with Crippen molar-refractivity contribution in [2.75, 3.05) is 6.61 Å². The van der Waals surface area contributed by atoms with Crippen LogP contribution >= 0.6 is 0 Å². The Morgan fingerprint density at radius 3 is 1.88 bits per heavy atom. The molecule has 1 saturated carbocycles. The molecule has 4 rings (SSSR count). The van der Waals surface area contributed by atoms with Crippen LogP contribution in [0.2, 0.25) is 5.04 Å². The number of rotatable bonds is 5. The molecule has 1 N–H and O–H groups in total. The summed E-state index contributed by atoms with van der Waals surface area (Å²) in [6, 6.07) is 21.3. The third-order valence-corrected chi connectivity index (χ3v) is 10.9. The fourth-order valence-corrected chi connectivity index (χ4v) is 9.07. The highest BCUT2D eigenvalue weighted by Gasteiger charge is 2.57. The number of aliphatic hydroxyl groups excluding tert-OH is 1. The second kappa shape index (κ2) is 6.61. The molecule has 0 bridgehead atoms. The first-order valence-corrected chi connectivity index (χ1v) is 11.4. The summed E-state index contributed by atoms with van der Waals surface area (Å²) in [6.45, 7) is 7.39. The van der Waals surface area contributed by atoms with Gasteiger partial charge < -0.3 is 14.3 Å². The monoisotopic (exact) mass is 368 g/mol. The molecule has 0 spiro atoms. The number of ether oxygens (including phenoxy) is 1. The second-order valence-electron chi connectivity index (χ2n) is 8.60. The lowest BCUT2D eigenvalue weighted by molar-refractivity contribution is -0.123. The van der Waals surface area contributed by atoms with Crippen LogP contribution in [0, 0.1) is 11.8 Å². The molecule has 4 heteroatoms. The Kier molecular flexibility index (Phi) is 4.56. The molecule has 1 aliphatic carbocycles. The summed E-state index contributed by atoms with van der Waals surface area (Å²) in [5.74, 6) is 0.783. The first-order chi connectivity index (χ1) is 12.4. The van der Waals surface area contributed by atoms with Crippen molar-refractivity contribution in [1.29, 1.82) is 0 Å². The van der Waals surface area contributed by atoms with Gasteiger partial charge in [-0.1, -0.05) is 81.4 Å². The van der Waals surface area contributed by atoms with Crippen molar-refractivity contribution in [2.45, 2.75) is 44.6 Å². The number of hydrogen-bond acceptors (Lipinski definition) is 3. The van der Waals surface area contributed by atoms with E-state index in [0.29, 0.717) is 18.4 Å². The average molecular weight is 369 g/mol. The molecular formula is C22H28O3Si. The number of fused-ring (bicyclic) bond motifs is 1. The van der Waals surface area contributed by atoms with Crippen LogP contribution in [0.4, 0.5) is 0 Å².